The molecule has 0 bridgehead atoms. The highest BCUT2D eigenvalue weighted by atomic mass is 16.2. The van der Waals surface area contributed by atoms with Crippen LogP contribution in [0.4, 0.5) is 0 Å². The summed E-state index contributed by atoms with van der Waals surface area (Å²) >= 11 is 0. The van der Waals surface area contributed by atoms with E-state index in [-0.39, 0.29) is 0 Å². The maximum absolute atomic E-state index is 9.38. The zero-order valence-corrected chi connectivity index (χ0v) is 13.6. The van der Waals surface area contributed by atoms with E-state index in [1.807, 2.05) is 12.1 Å². The summed E-state index contributed by atoms with van der Waals surface area (Å²) in [6.07, 6.45) is 0. The molecule has 0 aliphatic carbocycles. The summed E-state index contributed by atoms with van der Waals surface area (Å²) in [5, 5.41) is 14.2. The van der Waals surface area contributed by atoms with Gasteiger partial charge >= 0.3 is 7.48 Å². The van der Waals surface area contributed by atoms with Gasteiger partial charge in [-0.1, -0.05) is 66.1 Å². The van der Waals surface area contributed by atoms with Gasteiger partial charge in [0.15, 0.2) is 0 Å². The Labute approximate surface area is 146 Å². The van der Waals surface area contributed by atoms with E-state index in [9.17, 15) is 5.02 Å². The second kappa shape index (κ2) is 5.50. The Kier molecular flexibility index (Phi) is 3.15. The highest BCUT2D eigenvalue weighted by molar-refractivity contribution is 6.46. The first-order valence-electron chi connectivity index (χ1n) is 8.35. The first kappa shape index (κ1) is 14.3. The largest absolute Gasteiger partial charge is 0.450 e. The zero-order valence-electron chi connectivity index (χ0n) is 13.6. The molecule has 0 aliphatic rings. The quantitative estimate of drug-likeness (QED) is 0.485. The van der Waals surface area contributed by atoms with Crippen molar-refractivity contribution in [3.63, 3.8) is 0 Å². The number of aromatic nitrogens is 1. The number of para-hydroxylation sites is 1. The number of rotatable bonds is 2. The van der Waals surface area contributed by atoms with Crippen LogP contribution in [-0.4, -0.2) is 17.1 Å². The van der Waals surface area contributed by atoms with E-state index in [1.165, 1.54) is 21.7 Å². The first-order chi connectivity index (χ1) is 12.3. The van der Waals surface area contributed by atoms with Gasteiger partial charge in [0.1, 0.15) is 0 Å². The van der Waals surface area contributed by atoms with Crippen molar-refractivity contribution in [1.29, 1.82) is 0 Å². The average molecular weight is 320 g/mol. The Morgan fingerprint density at radius 2 is 1.40 bits per heavy atom. The third-order valence-electron chi connectivity index (χ3n) is 4.84. The zero-order chi connectivity index (χ0) is 16.8. The summed E-state index contributed by atoms with van der Waals surface area (Å²) in [7, 11) is 1.15. The van der Waals surface area contributed by atoms with Gasteiger partial charge < -0.3 is 9.59 Å². The van der Waals surface area contributed by atoms with Gasteiger partial charge in [-0.3, -0.25) is 0 Å². The highest BCUT2D eigenvalue weighted by Gasteiger charge is 2.12. The van der Waals surface area contributed by atoms with Crippen molar-refractivity contribution >= 4 is 45.5 Å². The predicted octanol–water partition coefficient (Wildman–Crippen LogP) is 4.17. The molecule has 4 aromatic carbocycles. The number of benzene rings is 4. The van der Waals surface area contributed by atoms with Crippen LogP contribution in [0.1, 0.15) is 0 Å². The van der Waals surface area contributed by atoms with Crippen LogP contribution in [0.5, 0.6) is 0 Å². The molecule has 1 radical (unpaired) electrons. The molecule has 0 aliphatic heterocycles. The Balaban J connectivity index is 1.89. The minimum Gasteiger partial charge on any atom is -0.450 e. The monoisotopic (exact) mass is 320 g/mol. The summed E-state index contributed by atoms with van der Waals surface area (Å²) in [5.41, 5.74) is 4.27. The molecule has 5 aromatic rings. The van der Waals surface area contributed by atoms with Gasteiger partial charge in [0, 0.05) is 16.5 Å². The lowest BCUT2D eigenvalue weighted by Crippen LogP contribution is -2.12. The van der Waals surface area contributed by atoms with E-state index in [4.69, 9.17) is 0 Å². The van der Waals surface area contributed by atoms with E-state index in [2.05, 4.69) is 77.4 Å². The Morgan fingerprint density at radius 3 is 2.28 bits per heavy atom. The third kappa shape index (κ3) is 2.17. The van der Waals surface area contributed by atoms with Gasteiger partial charge in [-0.15, -0.1) is 0 Å². The number of hydrogen-bond acceptors (Lipinski definition) is 1. The fourth-order valence-corrected chi connectivity index (χ4v) is 3.66. The molecule has 1 N–H and O–H groups in total. The molecule has 3 heteroatoms. The van der Waals surface area contributed by atoms with Crippen LogP contribution in [-0.2, 0) is 0 Å². The van der Waals surface area contributed by atoms with Crippen LogP contribution in [0.25, 0.3) is 38.3 Å². The van der Waals surface area contributed by atoms with Crippen molar-refractivity contribution in [2.75, 3.05) is 0 Å². The fourth-order valence-electron chi connectivity index (χ4n) is 3.66. The normalized spacial score (nSPS) is 11.4. The number of hydrogen-bond donors (Lipinski definition) is 1. The van der Waals surface area contributed by atoms with Crippen LogP contribution < -0.4 is 5.46 Å². The maximum Gasteiger partial charge on any atom is 0.326 e. The van der Waals surface area contributed by atoms with Gasteiger partial charge in [0.25, 0.3) is 0 Å². The number of nitrogens with zero attached hydrogens (tertiary/aromatic N) is 1. The molecule has 1 heterocycles. The fraction of sp³-hybridized carbons (Fsp3) is 0. The first-order valence-corrected chi connectivity index (χ1v) is 8.35. The van der Waals surface area contributed by atoms with Gasteiger partial charge in [-0.25, -0.2) is 0 Å². The van der Waals surface area contributed by atoms with Crippen LogP contribution in [0.2, 0.25) is 0 Å². The smallest absolute Gasteiger partial charge is 0.326 e. The molecule has 0 saturated carbocycles. The molecule has 0 saturated heterocycles. The lowest BCUT2D eigenvalue weighted by atomic mass is 9.88. The second-order valence-electron chi connectivity index (χ2n) is 6.29. The van der Waals surface area contributed by atoms with Crippen LogP contribution in [0.3, 0.4) is 0 Å². The van der Waals surface area contributed by atoms with E-state index >= 15 is 0 Å². The van der Waals surface area contributed by atoms with Crippen molar-refractivity contribution in [2.45, 2.75) is 0 Å². The molecular formula is C22H15BNO. The molecule has 0 fully saturated rings. The van der Waals surface area contributed by atoms with Crippen LogP contribution >= 0.6 is 0 Å². The summed E-state index contributed by atoms with van der Waals surface area (Å²) in [4.78, 5) is 0. The summed E-state index contributed by atoms with van der Waals surface area (Å²) in [6, 6.07) is 29.4. The van der Waals surface area contributed by atoms with Crippen molar-refractivity contribution in [1.82, 2.24) is 4.57 Å². The molecule has 0 amide bonds. The maximum atomic E-state index is 9.38. The lowest BCUT2D eigenvalue weighted by Gasteiger charge is -2.09. The standard InChI is InChI=1S/C22H15BNO/c25-23-17-10-12-22-20(14-17)19-7-3-4-8-21(19)24(22)18-11-9-15-5-1-2-6-16(15)13-18/h1-14,25H. The van der Waals surface area contributed by atoms with E-state index < -0.39 is 0 Å². The van der Waals surface area contributed by atoms with Gasteiger partial charge in [-0.2, -0.15) is 0 Å². The summed E-state index contributed by atoms with van der Waals surface area (Å²) in [5.74, 6) is 0. The third-order valence-corrected chi connectivity index (χ3v) is 4.84. The van der Waals surface area contributed by atoms with E-state index in [1.54, 1.807) is 0 Å². The van der Waals surface area contributed by atoms with E-state index in [0.717, 1.165) is 29.5 Å². The lowest BCUT2D eigenvalue weighted by molar-refractivity contribution is 0.615. The summed E-state index contributed by atoms with van der Waals surface area (Å²) in [6.45, 7) is 0. The average Bonchev–Trinajstić information content (AvgIpc) is 3.01. The van der Waals surface area contributed by atoms with Crippen LogP contribution in [0.15, 0.2) is 84.9 Å². The highest BCUT2D eigenvalue weighted by Crippen LogP contribution is 2.32. The molecule has 25 heavy (non-hydrogen) atoms. The topological polar surface area (TPSA) is 25.2 Å². The molecule has 0 unspecified atom stereocenters. The SMILES string of the molecule is O[B]c1ccc2c(c1)c1ccccc1n2-c1ccc2ccccc2c1. The predicted molar refractivity (Wildman–Crippen MR) is 106 cm³/mol. The minimum atomic E-state index is 0.814. The van der Waals surface area contributed by atoms with Crippen molar-refractivity contribution in [3.05, 3.63) is 84.9 Å². The molecule has 0 atom stereocenters. The van der Waals surface area contributed by atoms with Gasteiger partial charge in [0.2, 0.25) is 0 Å². The van der Waals surface area contributed by atoms with Crippen molar-refractivity contribution in [3.8, 4) is 5.69 Å². The molecular weight excluding hydrogens is 305 g/mol. The molecule has 2 nitrogen and oxygen atoms in total. The Hall–Kier alpha value is -3.04. The van der Waals surface area contributed by atoms with Crippen molar-refractivity contribution < 1.29 is 5.02 Å². The minimum absolute atomic E-state index is 0.814. The molecule has 0 spiro atoms. The second-order valence-corrected chi connectivity index (χ2v) is 6.29. The Morgan fingerprint density at radius 1 is 0.640 bits per heavy atom. The van der Waals surface area contributed by atoms with Gasteiger partial charge in [0.05, 0.1) is 11.0 Å². The number of fused-ring (bicyclic) bond motifs is 4. The van der Waals surface area contributed by atoms with Crippen molar-refractivity contribution in [2.24, 2.45) is 0 Å². The molecule has 117 valence electrons. The van der Waals surface area contributed by atoms with Gasteiger partial charge in [-0.05, 0) is 35.0 Å². The Bertz CT molecular complexity index is 1240. The molecule has 1 aromatic heterocycles. The summed E-state index contributed by atoms with van der Waals surface area (Å²) < 4.78 is 2.29. The molecule has 5 rings (SSSR count). The van der Waals surface area contributed by atoms with Crippen LogP contribution in [0, 0.1) is 0 Å². The van der Waals surface area contributed by atoms with E-state index in [0.29, 0.717) is 0 Å².